The third-order valence-corrected chi connectivity index (χ3v) is 6.93. The van der Waals surface area contributed by atoms with Crippen molar-refractivity contribution in [3.8, 4) is 5.75 Å². The Morgan fingerprint density at radius 1 is 1.33 bits per heavy atom. The lowest BCUT2D eigenvalue weighted by atomic mass is 10.3. The predicted molar refractivity (Wildman–Crippen MR) is 104 cm³/mol. The summed E-state index contributed by atoms with van der Waals surface area (Å²) in [6, 6.07) is 3.09. The SMILES string of the molecule is CC(C)Oc1ccc(Cl)c(S(=O)(=O)CC(=O)c2ncn(C3CC3C(F)(F)F)c2Cl)c1. The number of hydrogen-bond donors (Lipinski definition) is 0. The van der Waals surface area contributed by atoms with Gasteiger partial charge in [-0.15, -0.1) is 0 Å². The Bertz CT molecular complexity index is 1080. The van der Waals surface area contributed by atoms with Crippen molar-refractivity contribution >= 4 is 38.8 Å². The normalized spacial score (nSPS) is 19.2. The molecule has 0 spiro atoms. The average molecular weight is 485 g/mol. The third kappa shape index (κ3) is 4.76. The molecule has 0 saturated heterocycles. The van der Waals surface area contributed by atoms with Gasteiger partial charge in [-0.3, -0.25) is 4.79 Å². The van der Waals surface area contributed by atoms with Crippen LogP contribution in [0.3, 0.4) is 0 Å². The van der Waals surface area contributed by atoms with Crippen molar-refractivity contribution in [2.24, 2.45) is 5.92 Å². The van der Waals surface area contributed by atoms with E-state index >= 15 is 0 Å². The number of Topliss-reactive ketones (excluding diaryl/α,β-unsaturated/α-hetero) is 1. The number of rotatable bonds is 7. The first kappa shape index (κ1) is 22.9. The number of alkyl halides is 3. The van der Waals surface area contributed by atoms with Crippen LogP contribution in [0.5, 0.6) is 5.75 Å². The van der Waals surface area contributed by atoms with E-state index in [1.54, 1.807) is 13.8 Å². The molecule has 0 bridgehead atoms. The lowest BCUT2D eigenvalue weighted by Gasteiger charge is -2.12. The Kier molecular flexibility index (Phi) is 6.14. The van der Waals surface area contributed by atoms with Crippen LogP contribution in [-0.4, -0.2) is 41.8 Å². The fraction of sp³-hybridized carbons (Fsp3) is 0.444. The summed E-state index contributed by atoms with van der Waals surface area (Å²) in [5.41, 5.74) is -0.404. The number of aromatic nitrogens is 2. The molecule has 1 saturated carbocycles. The molecule has 1 fully saturated rings. The van der Waals surface area contributed by atoms with Gasteiger partial charge in [-0.25, -0.2) is 13.4 Å². The minimum atomic E-state index is -4.38. The number of halogens is 5. The first-order valence-corrected chi connectivity index (χ1v) is 11.2. The molecule has 1 heterocycles. The molecule has 1 aliphatic rings. The Labute approximate surface area is 180 Å². The predicted octanol–water partition coefficient (Wildman–Crippen LogP) is 4.76. The van der Waals surface area contributed by atoms with Crippen LogP contribution in [-0.2, 0) is 9.84 Å². The molecule has 0 radical (unpaired) electrons. The van der Waals surface area contributed by atoms with E-state index in [9.17, 15) is 26.4 Å². The molecule has 0 aliphatic heterocycles. The van der Waals surface area contributed by atoms with Gasteiger partial charge in [0.15, 0.2) is 15.6 Å². The maximum Gasteiger partial charge on any atom is 0.393 e. The summed E-state index contributed by atoms with van der Waals surface area (Å²) in [5, 5.41) is -0.420. The van der Waals surface area contributed by atoms with E-state index in [-0.39, 0.29) is 33.3 Å². The van der Waals surface area contributed by atoms with E-state index in [0.29, 0.717) is 0 Å². The highest BCUT2D eigenvalue weighted by molar-refractivity contribution is 7.92. The molecule has 30 heavy (non-hydrogen) atoms. The molecule has 0 N–H and O–H groups in total. The molecular weight excluding hydrogens is 468 g/mol. The van der Waals surface area contributed by atoms with E-state index in [2.05, 4.69) is 4.98 Å². The van der Waals surface area contributed by atoms with Crippen LogP contribution >= 0.6 is 23.2 Å². The minimum Gasteiger partial charge on any atom is -0.491 e. The van der Waals surface area contributed by atoms with Crippen LogP contribution in [0.2, 0.25) is 10.2 Å². The highest BCUT2D eigenvalue weighted by atomic mass is 35.5. The smallest absolute Gasteiger partial charge is 0.393 e. The standard InChI is InChI=1S/C18H17Cl2F3N2O4S/c1-9(2)29-10-3-4-12(19)15(5-10)30(27,28)7-14(26)16-17(20)25(8-24-16)13-6-11(13)18(21,22)23/h3-5,8-9,11,13H,6-7H2,1-2H3. The van der Waals surface area contributed by atoms with Gasteiger partial charge in [0, 0.05) is 12.1 Å². The second kappa shape index (κ2) is 8.05. The van der Waals surface area contributed by atoms with Gasteiger partial charge in [0.25, 0.3) is 0 Å². The highest BCUT2D eigenvalue weighted by Crippen LogP contribution is 2.54. The summed E-state index contributed by atoms with van der Waals surface area (Å²) in [5.74, 6) is -3.26. The Balaban J connectivity index is 1.81. The lowest BCUT2D eigenvalue weighted by Crippen LogP contribution is -2.18. The summed E-state index contributed by atoms with van der Waals surface area (Å²) in [4.78, 5) is 16.0. The Morgan fingerprint density at radius 3 is 2.57 bits per heavy atom. The monoisotopic (exact) mass is 484 g/mol. The summed E-state index contributed by atoms with van der Waals surface area (Å²) in [7, 11) is -4.19. The van der Waals surface area contributed by atoms with Gasteiger partial charge >= 0.3 is 6.18 Å². The quantitative estimate of drug-likeness (QED) is 0.529. The zero-order valence-electron chi connectivity index (χ0n) is 15.8. The van der Waals surface area contributed by atoms with E-state index in [1.807, 2.05) is 0 Å². The van der Waals surface area contributed by atoms with Crippen LogP contribution in [0.4, 0.5) is 13.2 Å². The number of nitrogens with zero attached hydrogens (tertiary/aromatic N) is 2. The molecule has 6 nitrogen and oxygen atoms in total. The van der Waals surface area contributed by atoms with Crippen molar-refractivity contribution in [3.05, 3.63) is 40.4 Å². The molecule has 2 unspecified atom stereocenters. The van der Waals surface area contributed by atoms with E-state index in [4.69, 9.17) is 27.9 Å². The fourth-order valence-electron chi connectivity index (χ4n) is 2.99. The van der Waals surface area contributed by atoms with Gasteiger partial charge in [-0.2, -0.15) is 13.2 Å². The Morgan fingerprint density at radius 2 is 2.00 bits per heavy atom. The van der Waals surface area contributed by atoms with Gasteiger partial charge in [0.05, 0.1) is 28.3 Å². The Hall–Kier alpha value is -1.78. The van der Waals surface area contributed by atoms with Crippen molar-refractivity contribution < 1.29 is 31.1 Å². The first-order chi connectivity index (χ1) is 13.8. The van der Waals surface area contributed by atoms with Gasteiger partial charge in [0.2, 0.25) is 0 Å². The van der Waals surface area contributed by atoms with Crippen LogP contribution in [0.25, 0.3) is 0 Å². The van der Waals surface area contributed by atoms with Crippen LogP contribution in [0.1, 0.15) is 36.8 Å². The summed E-state index contributed by atoms with van der Waals surface area (Å²) >= 11 is 12.0. The van der Waals surface area contributed by atoms with Gasteiger partial charge in [-0.1, -0.05) is 23.2 Å². The molecule has 3 rings (SSSR count). The number of sulfone groups is 1. The maximum atomic E-state index is 12.8. The molecule has 2 atom stereocenters. The molecular formula is C18H17Cl2F3N2O4S. The second-order valence-corrected chi connectivity index (χ2v) is 9.91. The van der Waals surface area contributed by atoms with Crippen LogP contribution in [0, 0.1) is 5.92 Å². The number of imidazole rings is 1. The van der Waals surface area contributed by atoms with Crippen molar-refractivity contribution in [2.45, 2.75) is 43.5 Å². The van der Waals surface area contributed by atoms with E-state index < -0.39 is 45.2 Å². The molecule has 1 aliphatic carbocycles. The number of benzene rings is 1. The van der Waals surface area contributed by atoms with E-state index in [0.717, 1.165) is 10.9 Å². The zero-order valence-corrected chi connectivity index (χ0v) is 18.1. The van der Waals surface area contributed by atoms with E-state index in [1.165, 1.54) is 18.2 Å². The lowest BCUT2D eigenvalue weighted by molar-refractivity contribution is -0.150. The van der Waals surface area contributed by atoms with Crippen LogP contribution < -0.4 is 4.74 Å². The maximum absolute atomic E-state index is 12.8. The largest absolute Gasteiger partial charge is 0.491 e. The molecule has 0 amide bonds. The van der Waals surface area contributed by atoms with Crippen LogP contribution in [0.15, 0.2) is 29.4 Å². The minimum absolute atomic E-state index is 0.0958. The molecule has 12 heteroatoms. The number of ketones is 1. The third-order valence-electron chi connectivity index (χ3n) is 4.46. The van der Waals surface area contributed by atoms with Gasteiger partial charge in [0.1, 0.15) is 22.3 Å². The topological polar surface area (TPSA) is 78.3 Å². The summed E-state index contributed by atoms with van der Waals surface area (Å²) in [6.45, 7) is 3.52. The van der Waals surface area contributed by atoms with Gasteiger partial charge in [-0.05, 0) is 32.4 Å². The fourth-order valence-corrected chi connectivity index (χ4v) is 5.08. The average Bonchev–Trinajstić information content (AvgIpc) is 3.32. The van der Waals surface area contributed by atoms with Crippen molar-refractivity contribution in [3.63, 3.8) is 0 Å². The number of carbonyl (C=O) groups excluding carboxylic acids is 1. The zero-order chi connectivity index (χ0) is 22.4. The van der Waals surface area contributed by atoms with Crippen molar-refractivity contribution in [1.29, 1.82) is 0 Å². The molecule has 1 aromatic heterocycles. The number of ether oxygens (including phenoxy) is 1. The van der Waals surface area contributed by atoms with Gasteiger partial charge < -0.3 is 9.30 Å². The molecule has 2 aromatic rings. The number of carbonyl (C=O) groups is 1. The number of hydrogen-bond acceptors (Lipinski definition) is 5. The first-order valence-electron chi connectivity index (χ1n) is 8.82. The van der Waals surface area contributed by atoms with Crippen molar-refractivity contribution in [2.75, 3.05) is 5.75 Å². The summed E-state index contributed by atoms with van der Waals surface area (Å²) < 4.78 is 70.3. The van der Waals surface area contributed by atoms with Crippen molar-refractivity contribution in [1.82, 2.24) is 9.55 Å². The summed E-state index contributed by atoms with van der Waals surface area (Å²) in [6.07, 6.45) is -3.76. The second-order valence-electron chi connectivity index (χ2n) is 7.18. The molecule has 1 aromatic carbocycles. The highest BCUT2D eigenvalue weighted by Gasteiger charge is 2.57. The molecule has 164 valence electrons.